The molecule has 4 nitrogen and oxygen atoms in total. The average Bonchev–Trinajstić information content (AvgIpc) is 2.04. The number of hydrogen-bond donors (Lipinski definition) is 1. The van der Waals surface area contributed by atoms with Crippen LogP contribution in [0.3, 0.4) is 0 Å². The smallest absolute Gasteiger partial charge is 0.193 e. The van der Waals surface area contributed by atoms with E-state index in [-0.39, 0.29) is 12.4 Å². The molecule has 72 valence electrons. The highest BCUT2D eigenvalue weighted by Gasteiger charge is 2.43. The summed E-state index contributed by atoms with van der Waals surface area (Å²) in [6, 6.07) is 0. The van der Waals surface area contributed by atoms with Gasteiger partial charge in [-0.25, -0.2) is 0 Å². The van der Waals surface area contributed by atoms with E-state index in [1.165, 1.54) is 0 Å². The number of ether oxygens (including phenoxy) is 2. The fourth-order valence-corrected chi connectivity index (χ4v) is 1.43. The van der Waals surface area contributed by atoms with Crippen LogP contribution >= 0.6 is 0 Å². The summed E-state index contributed by atoms with van der Waals surface area (Å²) >= 11 is 0. The van der Waals surface area contributed by atoms with E-state index in [1.807, 2.05) is 0 Å². The molecule has 1 aliphatic heterocycles. The Hall–Kier alpha value is -0.160. The first-order valence-corrected chi connectivity index (χ1v) is 4.20. The number of methoxy groups -OCH3 is 2. The molecule has 1 fully saturated rings. The van der Waals surface area contributed by atoms with E-state index in [4.69, 9.17) is 14.6 Å². The van der Waals surface area contributed by atoms with Crippen LogP contribution in [0.4, 0.5) is 0 Å². The first kappa shape index (κ1) is 9.92. The van der Waals surface area contributed by atoms with Crippen LogP contribution in [0.5, 0.6) is 0 Å². The molecule has 1 rings (SSSR count). The Labute approximate surface area is 73.1 Å². The Balaban J connectivity index is 2.16. The van der Waals surface area contributed by atoms with Crippen molar-refractivity contribution >= 4 is 0 Å². The van der Waals surface area contributed by atoms with E-state index in [9.17, 15) is 0 Å². The predicted octanol–water partition coefficient (Wildman–Crippen LogP) is -0.327. The molecule has 0 aliphatic carbocycles. The topological polar surface area (TPSA) is 41.9 Å². The molecule has 0 aromatic carbocycles. The van der Waals surface area contributed by atoms with Gasteiger partial charge in [-0.1, -0.05) is 0 Å². The maximum Gasteiger partial charge on any atom is 0.193 e. The number of likely N-dealkylation sites (tertiary alicyclic amines) is 1. The zero-order valence-electron chi connectivity index (χ0n) is 7.75. The second-order valence-electron chi connectivity index (χ2n) is 3.11. The fraction of sp³-hybridized carbons (Fsp3) is 1.00. The van der Waals surface area contributed by atoms with E-state index < -0.39 is 0 Å². The number of rotatable bonds is 5. The monoisotopic (exact) mass is 175 g/mol. The normalized spacial score (nSPS) is 22.2. The number of aliphatic hydroxyl groups excluding tert-OH is 1. The van der Waals surface area contributed by atoms with Crippen molar-refractivity contribution in [2.75, 3.05) is 40.5 Å². The molecule has 0 aromatic rings. The molecule has 0 saturated carbocycles. The first-order chi connectivity index (χ1) is 5.76. The summed E-state index contributed by atoms with van der Waals surface area (Å²) in [5, 5.41) is 8.59. The summed E-state index contributed by atoms with van der Waals surface area (Å²) in [6.07, 6.45) is 0.823. The van der Waals surface area contributed by atoms with Crippen molar-refractivity contribution in [3.05, 3.63) is 0 Å². The molecule has 1 heterocycles. The molecule has 0 bridgehead atoms. The Kier molecular flexibility index (Phi) is 3.46. The van der Waals surface area contributed by atoms with Gasteiger partial charge in [-0.2, -0.15) is 0 Å². The second-order valence-corrected chi connectivity index (χ2v) is 3.11. The van der Waals surface area contributed by atoms with Crippen LogP contribution in [-0.2, 0) is 9.47 Å². The van der Waals surface area contributed by atoms with Gasteiger partial charge in [0.2, 0.25) is 0 Å². The lowest BCUT2D eigenvalue weighted by Gasteiger charge is -2.47. The maximum absolute atomic E-state index is 8.59. The Morgan fingerprint density at radius 3 is 2.33 bits per heavy atom. The lowest BCUT2D eigenvalue weighted by Crippen LogP contribution is -2.63. The Bertz CT molecular complexity index is 128. The highest BCUT2D eigenvalue weighted by molar-refractivity contribution is 4.88. The van der Waals surface area contributed by atoms with Gasteiger partial charge in [0.1, 0.15) is 0 Å². The van der Waals surface area contributed by atoms with Crippen LogP contribution in [0, 0.1) is 0 Å². The van der Waals surface area contributed by atoms with Gasteiger partial charge in [-0.05, 0) is 6.42 Å². The average molecular weight is 175 g/mol. The van der Waals surface area contributed by atoms with Gasteiger partial charge in [-0.3, -0.25) is 4.90 Å². The molecule has 0 spiro atoms. The van der Waals surface area contributed by atoms with E-state index in [2.05, 4.69) is 4.90 Å². The van der Waals surface area contributed by atoms with Gasteiger partial charge >= 0.3 is 0 Å². The third-order valence-corrected chi connectivity index (χ3v) is 2.31. The van der Waals surface area contributed by atoms with Gasteiger partial charge in [0.15, 0.2) is 5.79 Å². The van der Waals surface area contributed by atoms with E-state index in [0.717, 1.165) is 26.1 Å². The number of aliphatic hydroxyl groups is 1. The van der Waals surface area contributed by atoms with Crippen molar-refractivity contribution < 1.29 is 14.6 Å². The van der Waals surface area contributed by atoms with E-state index in [0.29, 0.717) is 0 Å². The Morgan fingerprint density at radius 1 is 1.33 bits per heavy atom. The van der Waals surface area contributed by atoms with Gasteiger partial charge in [0.05, 0.1) is 13.1 Å². The summed E-state index contributed by atoms with van der Waals surface area (Å²) in [5.41, 5.74) is 0. The first-order valence-electron chi connectivity index (χ1n) is 4.20. The number of nitrogens with zero attached hydrogens (tertiary/aromatic N) is 1. The van der Waals surface area contributed by atoms with Gasteiger partial charge in [0, 0.05) is 27.4 Å². The van der Waals surface area contributed by atoms with Crippen LogP contribution in [0.25, 0.3) is 0 Å². The van der Waals surface area contributed by atoms with E-state index in [1.54, 1.807) is 14.2 Å². The van der Waals surface area contributed by atoms with Crippen molar-refractivity contribution in [3.63, 3.8) is 0 Å². The molecule has 0 unspecified atom stereocenters. The minimum atomic E-state index is -0.380. The SMILES string of the molecule is COC1(OC)CN(CCCO)C1. The molecule has 12 heavy (non-hydrogen) atoms. The lowest BCUT2D eigenvalue weighted by molar-refractivity contribution is -0.275. The van der Waals surface area contributed by atoms with Gasteiger partial charge in [0.25, 0.3) is 0 Å². The standard InChI is InChI=1S/C8H17NO3/c1-11-8(12-2)6-9(7-8)4-3-5-10/h10H,3-7H2,1-2H3. The van der Waals surface area contributed by atoms with Crippen LogP contribution in [-0.4, -0.2) is 56.3 Å². The summed E-state index contributed by atoms with van der Waals surface area (Å²) in [7, 11) is 3.32. The van der Waals surface area contributed by atoms with Crippen molar-refractivity contribution in [1.82, 2.24) is 4.90 Å². The van der Waals surface area contributed by atoms with Crippen LogP contribution in [0.15, 0.2) is 0 Å². The van der Waals surface area contributed by atoms with Crippen LogP contribution < -0.4 is 0 Å². The van der Waals surface area contributed by atoms with E-state index >= 15 is 0 Å². The molecule has 4 heteroatoms. The molecule has 1 saturated heterocycles. The zero-order valence-corrected chi connectivity index (χ0v) is 7.75. The molecule has 0 amide bonds. The second kappa shape index (κ2) is 4.18. The van der Waals surface area contributed by atoms with Crippen LogP contribution in [0.1, 0.15) is 6.42 Å². The van der Waals surface area contributed by atoms with Crippen molar-refractivity contribution in [3.8, 4) is 0 Å². The molecular weight excluding hydrogens is 158 g/mol. The minimum absolute atomic E-state index is 0.253. The summed E-state index contributed by atoms with van der Waals surface area (Å²) in [4.78, 5) is 2.20. The zero-order chi connectivity index (χ0) is 9.03. The molecular formula is C8H17NO3. The minimum Gasteiger partial charge on any atom is -0.396 e. The maximum atomic E-state index is 8.59. The third-order valence-electron chi connectivity index (χ3n) is 2.31. The molecule has 1 N–H and O–H groups in total. The quantitative estimate of drug-likeness (QED) is 0.581. The summed E-state index contributed by atoms with van der Waals surface area (Å²) in [6.45, 7) is 2.79. The molecule has 0 radical (unpaired) electrons. The molecule has 0 aromatic heterocycles. The number of hydrogen-bond acceptors (Lipinski definition) is 4. The van der Waals surface area contributed by atoms with Gasteiger partial charge < -0.3 is 14.6 Å². The van der Waals surface area contributed by atoms with Gasteiger partial charge in [-0.15, -0.1) is 0 Å². The van der Waals surface area contributed by atoms with Crippen LogP contribution in [0.2, 0.25) is 0 Å². The summed E-state index contributed by atoms with van der Waals surface area (Å²) < 4.78 is 10.4. The highest BCUT2D eigenvalue weighted by atomic mass is 16.7. The lowest BCUT2D eigenvalue weighted by atomic mass is 10.1. The molecule has 1 aliphatic rings. The largest absolute Gasteiger partial charge is 0.396 e. The Morgan fingerprint density at radius 2 is 1.92 bits per heavy atom. The van der Waals surface area contributed by atoms with Crippen molar-refractivity contribution in [2.45, 2.75) is 12.2 Å². The summed E-state index contributed by atoms with van der Waals surface area (Å²) in [5.74, 6) is -0.380. The fourth-order valence-electron chi connectivity index (χ4n) is 1.43. The third kappa shape index (κ3) is 1.95. The predicted molar refractivity (Wildman–Crippen MR) is 44.9 cm³/mol. The highest BCUT2D eigenvalue weighted by Crippen LogP contribution is 2.24. The van der Waals surface area contributed by atoms with Crippen molar-refractivity contribution in [1.29, 1.82) is 0 Å². The molecule has 0 atom stereocenters. The van der Waals surface area contributed by atoms with Crippen molar-refractivity contribution in [2.24, 2.45) is 0 Å².